The van der Waals surface area contributed by atoms with Crippen molar-refractivity contribution in [1.29, 1.82) is 0 Å². The topological polar surface area (TPSA) is 27.7 Å². The van der Waals surface area contributed by atoms with Crippen LogP contribution in [0.2, 0.25) is 0 Å². The first-order chi connectivity index (χ1) is 8.76. The van der Waals surface area contributed by atoms with Crippen LogP contribution in [0.3, 0.4) is 0 Å². The molecule has 2 rings (SSSR count). The Kier molecular flexibility index (Phi) is 3.92. The van der Waals surface area contributed by atoms with Crippen LogP contribution in [0.15, 0.2) is 24.0 Å². The van der Waals surface area contributed by atoms with E-state index in [1.807, 2.05) is 12.1 Å². The van der Waals surface area contributed by atoms with Gasteiger partial charge in [0.1, 0.15) is 17.6 Å². The van der Waals surface area contributed by atoms with E-state index < -0.39 is 0 Å². The molecule has 0 heterocycles. The number of hydrogen-bond acceptors (Lipinski definition) is 3. The predicted molar refractivity (Wildman–Crippen MR) is 71.6 cm³/mol. The van der Waals surface area contributed by atoms with Crippen LogP contribution in [0.1, 0.15) is 37.0 Å². The average Bonchev–Trinajstić information content (AvgIpc) is 2.71. The third-order valence-corrected chi connectivity index (χ3v) is 3.36. The molecule has 0 aromatic heterocycles. The second kappa shape index (κ2) is 5.44. The van der Waals surface area contributed by atoms with E-state index in [9.17, 15) is 0 Å². The minimum atomic E-state index is -0.110. The second-order valence-electron chi connectivity index (χ2n) is 4.37. The van der Waals surface area contributed by atoms with Gasteiger partial charge in [0.2, 0.25) is 0 Å². The zero-order valence-electron chi connectivity index (χ0n) is 11.4. The summed E-state index contributed by atoms with van der Waals surface area (Å²) < 4.78 is 16.4. The van der Waals surface area contributed by atoms with Crippen LogP contribution in [0.4, 0.5) is 0 Å². The van der Waals surface area contributed by atoms with Crippen molar-refractivity contribution in [1.82, 2.24) is 0 Å². The molecule has 1 aromatic carbocycles. The van der Waals surface area contributed by atoms with Gasteiger partial charge in [0.05, 0.1) is 14.2 Å². The van der Waals surface area contributed by atoms with E-state index in [1.165, 1.54) is 11.1 Å². The molecule has 1 unspecified atom stereocenters. The largest absolute Gasteiger partial charge is 0.498 e. The van der Waals surface area contributed by atoms with E-state index in [2.05, 4.69) is 13.0 Å². The number of hydrogen-bond donors (Lipinski definition) is 0. The van der Waals surface area contributed by atoms with Gasteiger partial charge >= 0.3 is 0 Å². The molecule has 0 amide bonds. The molecule has 3 heteroatoms. The van der Waals surface area contributed by atoms with Gasteiger partial charge in [-0.05, 0) is 29.7 Å². The first-order valence-electron chi connectivity index (χ1n) is 6.24. The highest BCUT2D eigenvalue weighted by Gasteiger charge is 2.32. The summed E-state index contributed by atoms with van der Waals surface area (Å²) in [5.41, 5.74) is 3.61. The molecule has 1 aromatic rings. The summed E-state index contributed by atoms with van der Waals surface area (Å²) in [6.07, 6.45) is 1.98. The summed E-state index contributed by atoms with van der Waals surface area (Å²) in [4.78, 5) is 0. The van der Waals surface area contributed by atoms with Crippen molar-refractivity contribution in [3.05, 3.63) is 35.1 Å². The van der Waals surface area contributed by atoms with E-state index in [-0.39, 0.29) is 6.10 Å². The van der Waals surface area contributed by atoms with Crippen molar-refractivity contribution in [2.75, 3.05) is 21.3 Å². The summed E-state index contributed by atoms with van der Waals surface area (Å²) in [7, 11) is 5.10. The number of allylic oxidation sites excluding steroid dienone is 1. The van der Waals surface area contributed by atoms with Crippen LogP contribution in [-0.2, 0) is 9.47 Å². The van der Waals surface area contributed by atoms with Crippen molar-refractivity contribution in [3.8, 4) is 5.75 Å². The third-order valence-electron chi connectivity index (χ3n) is 3.36. The van der Waals surface area contributed by atoms with Crippen LogP contribution in [-0.4, -0.2) is 21.3 Å². The minimum Gasteiger partial charge on any atom is -0.498 e. The lowest BCUT2D eigenvalue weighted by atomic mass is 10.0. The van der Waals surface area contributed by atoms with Crippen LogP contribution in [0.5, 0.6) is 5.75 Å². The van der Waals surface area contributed by atoms with E-state index in [4.69, 9.17) is 14.2 Å². The molecule has 18 heavy (non-hydrogen) atoms. The summed E-state index contributed by atoms with van der Waals surface area (Å²) in [6, 6.07) is 6.11. The lowest BCUT2D eigenvalue weighted by Crippen LogP contribution is -2.03. The van der Waals surface area contributed by atoms with Gasteiger partial charge in [-0.2, -0.15) is 0 Å². The van der Waals surface area contributed by atoms with Crippen LogP contribution >= 0.6 is 0 Å². The molecule has 1 atom stereocenters. The minimum absolute atomic E-state index is 0.110. The fourth-order valence-corrected chi connectivity index (χ4v) is 2.56. The van der Waals surface area contributed by atoms with Crippen LogP contribution in [0.25, 0.3) is 5.57 Å². The summed E-state index contributed by atoms with van der Waals surface area (Å²) in [5.74, 6) is 1.78. The van der Waals surface area contributed by atoms with Gasteiger partial charge in [0.25, 0.3) is 0 Å². The molecule has 0 radical (unpaired) electrons. The quantitative estimate of drug-likeness (QED) is 0.797. The maximum atomic E-state index is 5.58. The standard InChI is InChI=1S/C15H20O3/c1-5-6-12-11-8-7-10(16-2)9-13(11)15(18-4)14(12)17-3/h7-9,15H,5-6H2,1-4H3. The number of fused-ring (bicyclic) bond motifs is 1. The zero-order chi connectivity index (χ0) is 13.1. The molecular formula is C15H20O3. The van der Waals surface area contributed by atoms with Gasteiger partial charge in [0, 0.05) is 12.7 Å². The first kappa shape index (κ1) is 13.0. The van der Waals surface area contributed by atoms with E-state index in [0.717, 1.165) is 29.9 Å². The molecule has 0 bridgehead atoms. The fourth-order valence-electron chi connectivity index (χ4n) is 2.56. The van der Waals surface area contributed by atoms with Crippen molar-refractivity contribution in [3.63, 3.8) is 0 Å². The molecule has 1 aliphatic carbocycles. The van der Waals surface area contributed by atoms with Gasteiger partial charge in [-0.15, -0.1) is 0 Å². The Balaban J connectivity index is 2.51. The Labute approximate surface area is 108 Å². The normalized spacial score (nSPS) is 17.9. The third kappa shape index (κ3) is 1.99. The monoisotopic (exact) mass is 248 g/mol. The summed E-state index contributed by atoms with van der Waals surface area (Å²) in [6.45, 7) is 2.17. The Morgan fingerprint density at radius 3 is 2.44 bits per heavy atom. The molecule has 0 fully saturated rings. The van der Waals surface area contributed by atoms with Gasteiger partial charge < -0.3 is 14.2 Å². The lowest BCUT2D eigenvalue weighted by molar-refractivity contribution is 0.0832. The predicted octanol–water partition coefficient (Wildman–Crippen LogP) is 3.55. The highest BCUT2D eigenvalue weighted by atomic mass is 16.5. The van der Waals surface area contributed by atoms with E-state index in [0.29, 0.717) is 0 Å². The van der Waals surface area contributed by atoms with E-state index >= 15 is 0 Å². The number of benzene rings is 1. The number of methoxy groups -OCH3 is 3. The SMILES string of the molecule is CCCC1=C(OC)C(OC)c2cc(OC)ccc21. The van der Waals surface area contributed by atoms with Crippen molar-refractivity contribution >= 4 is 5.57 Å². The number of rotatable bonds is 5. The molecule has 1 aliphatic rings. The molecule has 0 saturated heterocycles. The molecule has 0 spiro atoms. The first-order valence-corrected chi connectivity index (χ1v) is 6.24. The Hall–Kier alpha value is -1.48. The van der Waals surface area contributed by atoms with Gasteiger partial charge in [0.15, 0.2) is 0 Å². The maximum Gasteiger partial charge on any atom is 0.140 e. The highest BCUT2D eigenvalue weighted by molar-refractivity contribution is 5.77. The molecule has 0 saturated carbocycles. The average molecular weight is 248 g/mol. The molecule has 0 N–H and O–H groups in total. The summed E-state index contributed by atoms with van der Waals surface area (Å²) in [5, 5.41) is 0. The van der Waals surface area contributed by atoms with Crippen molar-refractivity contribution in [2.24, 2.45) is 0 Å². The summed E-state index contributed by atoms with van der Waals surface area (Å²) >= 11 is 0. The highest BCUT2D eigenvalue weighted by Crippen LogP contribution is 2.45. The lowest BCUT2D eigenvalue weighted by Gasteiger charge is -2.14. The van der Waals surface area contributed by atoms with Gasteiger partial charge in [-0.3, -0.25) is 0 Å². The van der Waals surface area contributed by atoms with Gasteiger partial charge in [-0.1, -0.05) is 19.4 Å². The Morgan fingerprint density at radius 2 is 1.89 bits per heavy atom. The van der Waals surface area contributed by atoms with Crippen LogP contribution < -0.4 is 4.74 Å². The van der Waals surface area contributed by atoms with Gasteiger partial charge in [-0.25, -0.2) is 0 Å². The number of ether oxygens (including phenoxy) is 3. The maximum absolute atomic E-state index is 5.58. The van der Waals surface area contributed by atoms with Crippen LogP contribution in [0, 0.1) is 0 Å². The molecule has 0 aliphatic heterocycles. The van der Waals surface area contributed by atoms with E-state index in [1.54, 1.807) is 21.3 Å². The Morgan fingerprint density at radius 1 is 1.11 bits per heavy atom. The Bertz CT molecular complexity index is 463. The smallest absolute Gasteiger partial charge is 0.140 e. The van der Waals surface area contributed by atoms with Crippen molar-refractivity contribution in [2.45, 2.75) is 25.9 Å². The molecule has 3 nitrogen and oxygen atoms in total. The second-order valence-corrected chi connectivity index (χ2v) is 4.37. The molecular weight excluding hydrogens is 228 g/mol. The molecule has 98 valence electrons. The van der Waals surface area contributed by atoms with Crippen molar-refractivity contribution < 1.29 is 14.2 Å². The fraction of sp³-hybridized carbons (Fsp3) is 0.467. The zero-order valence-corrected chi connectivity index (χ0v) is 11.4.